The number of nitrogen functional groups attached to an aromatic ring is 1. The fourth-order valence-electron chi connectivity index (χ4n) is 1.55. The molecule has 1 aromatic rings. The Morgan fingerprint density at radius 1 is 1.31 bits per heavy atom. The van der Waals surface area contributed by atoms with Crippen LogP contribution in [0.5, 0.6) is 0 Å². The second kappa shape index (κ2) is 6.33. The first-order chi connectivity index (χ1) is 7.67. The SMILES string of the molecule is CCN(CC)CCNc1ccc(N)c(C)n1. The summed E-state index contributed by atoms with van der Waals surface area (Å²) in [7, 11) is 0. The van der Waals surface area contributed by atoms with Crippen molar-refractivity contribution in [3.05, 3.63) is 17.8 Å². The van der Waals surface area contributed by atoms with Crippen molar-refractivity contribution in [2.24, 2.45) is 0 Å². The third-order valence-electron chi connectivity index (χ3n) is 2.76. The van der Waals surface area contributed by atoms with Crippen molar-refractivity contribution < 1.29 is 0 Å². The zero-order valence-electron chi connectivity index (χ0n) is 10.5. The minimum Gasteiger partial charge on any atom is -0.397 e. The van der Waals surface area contributed by atoms with Crippen LogP contribution >= 0.6 is 0 Å². The average Bonchev–Trinajstić information content (AvgIpc) is 2.29. The molecule has 1 aromatic heterocycles. The second-order valence-corrected chi connectivity index (χ2v) is 3.82. The molecular weight excluding hydrogens is 200 g/mol. The van der Waals surface area contributed by atoms with Crippen LogP contribution in [0.25, 0.3) is 0 Å². The maximum Gasteiger partial charge on any atom is 0.126 e. The minimum absolute atomic E-state index is 0.745. The number of aromatic nitrogens is 1. The molecule has 4 heteroatoms. The van der Waals surface area contributed by atoms with E-state index in [0.29, 0.717) is 0 Å². The van der Waals surface area contributed by atoms with Gasteiger partial charge in [0, 0.05) is 13.1 Å². The third-order valence-corrected chi connectivity index (χ3v) is 2.76. The maximum absolute atomic E-state index is 5.71. The Morgan fingerprint density at radius 3 is 2.56 bits per heavy atom. The highest BCUT2D eigenvalue weighted by Gasteiger charge is 2.00. The molecule has 0 aliphatic heterocycles. The van der Waals surface area contributed by atoms with Crippen LogP contribution in [-0.4, -0.2) is 36.1 Å². The smallest absolute Gasteiger partial charge is 0.126 e. The number of rotatable bonds is 6. The average molecular weight is 222 g/mol. The van der Waals surface area contributed by atoms with Crippen LogP contribution in [0.3, 0.4) is 0 Å². The summed E-state index contributed by atoms with van der Waals surface area (Å²) in [4.78, 5) is 6.74. The fourth-order valence-corrected chi connectivity index (χ4v) is 1.55. The van der Waals surface area contributed by atoms with Gasteiger partial charge in [-0.2, -0.15) is 0 Å². The second-order valence-electron chi connectivity index (χ2n) is 3.82. The van der Waals surface area contributed by atoms with Crippen molar-refractivity contribution >= 4 is 11.5 Å². The van der Waals surface area contributed by atoms with E-state index >= 15 is 0 Å². The highest BCUT2D eigenvalue weighted by atomic mass is 15.1. The molecule has 0 saturated heterocycles. The first-order valence-corrected chi connectivity index (χ1v) is 5.86. The van der Waals surface area contributed by atoms with Crippen molar-refractivity contribution in [3.63, 3.8) is 0 Å². The monoisotopic (exact) mass is 222 g/mol. The summed E-state index contributed by atoms with van der Waals surface area (Å²) in [6.45, 7) is 10.4. The van der Waals surface area contributed by atoms with Gasteiger partial charge < -0.3 is 16.0 Å². The van der Waals surface area contributed by atoms with E-state index < -0.39 is 0 Å². The van der Waals surface area contributed by atoms with E-state index in [4.69, 9.17) is 5.73 Å². The Bertz CT molecular complexity index is 321. The van der Waals surface area contributed by atoms with Crippen LogP contribution in [0.15, 0.2) is 12.1 Å². The Balaban J connectivity index is 2.40. The number of likely N-dealkylation sites (N-methyl/N-ethyl adjacent to an activating group) is 1. The predicted octanol–water partition coefficient (Wildman–Crippen LogP) is 1.73. The maximum atomic E-state index is 5.71. The van der Waals surface area contributed by atoms with Crippen molar-refractivity contribution in [1.29, 1.82) is 0 Å². The molecule has 3 N–H and O–H groups in total. The molecular formula is C12H22N4. The van der Waals surface area contributed by atoms with Gasteiger partial charge in [-0.15, -0.1) is 0 Å². The van der Waals surface area contributed by atoms with Crippen molar-refractivity contribution in [3.8, 4) is 0 Å². The van der Waals surface area contributed by atoms with E-state index in [1.165, 1.54) is 0 Å². The molecule has 0 aromatic carbocycles. The normalized spacial score (nSPS) is 10.8. The zero-order chi connectivity index (χ0) is 12.0. The molecule has 0 unspecified atom stereocenters. The van der Waals surface area contributed by atoms with Crippen LogP contribution < -0.4 is 11.1 Å². The largest absolute Gasteiger partial charge is 0.397 e. The molecule has 4 nitrogen and oxygen atoms in total. The fraction of sp³-hybridized carbons (Fsp3) is 0.583. The van der Waals surface area contributed by atoms with Gasteiger partial charge in [0.15, 0.2) is 0 Å². The Labute approximate surface area is 97.9 Å². The molecule has 0 atom stereocenters. The third kappa shape index (κ3) is 3.70. The van der Waals surface area contributed by atoms with Gasteiger partial charge in [-0.3, -0.25) is 0 Å². The van der Waals surface area contributed by atoms with Crippen LogP contribution in [0, 0.1) is 6.92 Å². The number of pyridine rings is 1. The van der Waals surface area contributed by atoms with Crippen LogP contribution in [0.2, 0.25) is 0 Å². The van der Waals surface area contributed by atoms with Crippen molar-refractivity contribution in [2.75, 3.05) is 37.2 Å². The summed E-state index contributed by atoms with van der Waals surface area (Å²) in [6.07, 6.45) is 0. The quantitative estimate of drug-likeness (QED) is 0.769. The van der Waals surface area contributed by atoms with Gasteiger partial charge in [0.2, 0.25) is 0 Å². The number of nitrogens with zero attached hydrogens (tertiary/aromatic N) is 2. The van der Waals surface area contributed by atoms with Crippen molar-refractivity contribution in [1.82, 2.24) is 9.88 Å². The highest BCUT2D eigenvalue weighted by Crippen LogP contribution is 2.11. The minimum atomic E-state index is 0.745. The van der Waals surface area contributed by atoms with Gasteiger partial charge in [0.05, 0.1) is 11.4 Å². The summed E-state index contributed by atoms with van der Waals surface area (Å²) in [5.41, 5.74) is 7.34. The number of nitrogens with one attached hydrogen (secondary N) is 1. The molecule has 0 saturated carbocycles. The van der Waals surface area contributed by atoms with Crippen LogP contribution in [0.4, 0.5) is 11.5 Å². The van der Waals surface area contributed by atoms with Gasteiger partial charge in [-0.05, 0) is 32.1 Å². The van der Waals surface area contributed by atoms with E-state index in [-0.39, 0.29) is 0 Å². The lowest BCUT2D eigenvalue weighted by atomic mass is 10.3. The Morgan fingerprint density at radius 2 is 2.00 bits per heavy atom. The number of nitrogens with two attached hydrogens (primary N) is 1. The molecule has 0 fully saturated rings. The Hall–Kier alpha value is -1.29. The molecule has 0 aliphatic rings. The van der Waals surface area contributed by atoms with Crippen LogP contribution in [-0.2, 0) is 0 Å². The van der Waals surface area contributed by atoms with E-state index in [0.717, 1.165) is 43.4 Å². The van der Waals surface area contributed by atoms with E-state index in [1.54, 1.807) is 0 Å². The molecule has 0 radical (unpaired) electrons. The lowest BCUT2D eigenvalue weighted by Gasteiger charge is -2.18. The number of hydrogen-bond acceptors (Lipinski definition) is 4. The molecule has 0 spiro atoms. The first kappa shape index (κ1) is 12.8. The lowest BCUT2D eigenvalue weighted by molar-refractivity contribution is 0.316. The summed E-state index contributed by atoms with van der Waals surface area (Å²) in [5, 5.41) is 3.30. The summed E-state index contributed by atoms with van der Waals surface area (Å²) in [5.74, 6) is 0.902. The van der Waals surface area contributed by atoms with E-state index in [9.17, 15) is 0 Å². The number of hydrogen-bond donors (Lipinski definition) is 2. The first-order valence-electron chi connectivity index (χ1n) is 5.86. The summed E-state index contributed by atoms with van der Waals surface area (Å²) >= 11 is 0. The zero-order valence-corrected chi connectivity index (χ0v) is 10.5. The summed E-state index contributed by atoms with van der Waals surface area (Å²) < 4.78 is 0. The molecule has 0 bridgehead atoms. The van der Waals surface area contributed by atoms with Gasteiger partial charge >= 0.3 is 0 Å². The molecule has 1 heterocycles. The van der Waals surface area contributed by atoms with Gasteiger partial charge in [-0.25, -0.2) is 4.98 Å². The molecule has 16 heavy (non-hydrogen) atoms. The van der Waals surface area contributed by atoms with Gasteiger partial charge in [0.25, 0.3) is 0 Å². The molecule has 0 amide bonds. The van der Waals surface area contributed by atoms with Gasteiger partial charge in [-0.1, -0.05) is 13.8 Å². The predicted molar refractivity (Wildman–Crippen MR) is 69.7 cm³/mol. The van der Waals surface area contributed by atoms with E-state index in [1.807, 2.05) is 19.1 Å². The number of aryl methyl sites for hydroxylation is 1. The molecule has 0 aliphatic carbocycles. The van der Waals surface area contributed by atoms with Crippen molar-refractivity contribution in [2.45, 2.75) is 20.8 Å². The topological polar surface area (TPSA) is 54.2 Å². The standard InChI is InChI=1S/C12H22N4/c1-4-16(5-2)9-8-14-12-7-6-11(13)10(3)15-12/h6-7H,4-5,8-9,13H2,1-3H3,(H,14,15). The highest BCUT2D eigenvalue weighted by molar-refractivity contribution is 5.48. The molecule has 1 rings (SSSR count). The summed E-state index contributed by atoms with van der Waals surface area (Å²) in [6, 6.07) is 3.81. The molecule has 90 valence electrons. The van der Waals surface area contributed by atoms with Gasteiger partial charge in [0.1, 0.15) is 5.82 Å². The van der Waals surface area contributed by atoms with Crippen LogP contribution in [0.1, 0.15) is 19.5 Å². The van der Waals surface area contributed by atoms with E-state index in [2.05, 4.69) is 29.0 Å². The Kier molecular flexibility index (Phi) is 5.05. The number of anilines is 2. The lowest BCUT2D eigenvalue weighted by Crippen LogP contribution is -2.28.